The molecule has 0 radical (unpaired) electrons. The number of hydrogen-bond acceptors (Lipinski definition) is 4. The molecule has 0 saturated heterocycles. The van der Waals surface area contributed by atoms with Crippen LogP contribution in [0.15, 0.2) is 72.8 Å². The Balaban J connectivity index is 1.52. The highest BCUT2D eigenvalue weighted by Crippen LogP contribution is 2.42. The minimum Gasteiger partial charge on any atom is -0.494 e. The van der Waals surface area contributed by atoms with E-state index in [-0.39, 0.29) is 0 Å². The van der Waals surface area contributed by atoms with Gasteiger partial charge in [0.15, 0.2) is 0 Å². The zero-order valence-corrected chi connectivity index (χ0v) is 17.3. The lowest BCUT2D eigenvalue weighted by atomic mass is 10.1. The second kappa shape index (κ2) is 7.71. The van der Waals surface area contributed by atoms with Crippen LogP contribution in [0.25, 0.3) is 10.9 Å². The normalized spacial score (nSPS) is 12.8. The zero-order chi connectivity index (χ0) is 20.5. The zero-order valence-electron chi connectivity index (χ0n) is 17.3. The average Bonchev–Trinajstić information content (AvgIpc) is 3.22. The molecule has 4 aromatic rings. The SMILES string of the molecule is CCOc1ccc2nc(C)c3c(c2c1)N(c1ccc(Oc2ccccc2)cc1)CC3. The van der Waals surface area contributed by atoms with Crippen LogP contribution in [-0.2, 0) is 6.42 Å². The van der Waals surface area contributed by atoms with Crippen LogP contribution >= 0.6 is 0 Å². The molecule has 0 N–H and O–H groups in total. The molecule has 0 bridgehead atoms. The first-order valence-corrected chi connectivity index (χ1v) is 10.4. The fourth-order valence-corrected chi connectivity index (χ4v) is 4.16. The fraction of sp³-hybridized carbons (Fsp3) is 0.192. The third-order valence-corrected chi connectivity index (χ3v) is 5.53. The van der Waals surface area contributed by atoms with Gasteiger partial charge in [-0.1, -0.05) is 18.2 Å². The van der Waals surface area contributed by atoms with Gasteiger partial charge in [-0.3, -0.25) is 4.98 Å². The molecule has 0 spiro atoms. The summed E-state index contributed by atoms with van der Waals surface area (Å²) in [5, 5.41) is 1.14. The molecule has 2 heterocycles. The highest BCUT2D eigenvalue weighted by Gasteiger charge is 2.26. The van der Waals surface area contributed by atoms with Crippen molar-refractivity contribution in [3.63, 3.8) is 0 Å². The van der Waals surface area contributed by atoms with Crippen molar-refractivity contribution in [2.75, 3.05) is 18.1 Å². The van der Waals surface area contributed by atoms with Gasteiger partial charge in [0.25, 0.3) is 0 Å². The number of hydrogen-bond donors (Lipinski definition) is 0. The van der Waals surface area contributed by atoms with E-state index in [9.17, 15) is 0 Å². The molecule has 150 valence electrons. The summed E-state index contributed by atoms with van der Waals surface area (Å²) >= 11 is 0. The number of fused-ring (bicyclic) bond motifs is 3. The van der Waals surface area contributed by atoms with Crippen molar-refractivity contribution in [2.45, 2.75) is 20.3 Å². The Labute approximate surface area is 176 Å². The standard InChI is InChI=1S/C26H24N2O2/c1-3-29-22-13-14-25-24(17-22)26-23(18(2)27-25)15-16-28(26)19-9-11-21(12-10-19)30-20-7-5-4-6-8-20/h4-14,17H,3,15-16H2,1-2H3. The van der Waals surface area contributed by atoms with Crippen molar-refractivity contribution in [2.24, 2.45) is 0 Å². The van der Waals surface area contributed by atoms with Gasteiger partial charge in [0, 0.05) is 23.3 Å². The summed E-state index contributed by atoms with van der Waals surface area (Å²) in [5.74, 6) is 2.56. The van der Waals surface area contributed by atoms with E-state index in [1.807, 2.05) is 55.5 Å². The molecule has 30 heavy (non-hydrogen) atoms. The largest absolute Gasteiger partial charge is 0.494 e. The Hall–Kier alpha value is -3.53. The van der Waals surface area contributed by atoms with Crippen LogP contribution in [0.3, 0.4) is 0 Å². The van der Waals surface area contributed by atoms with Crippen LogP contribution < -0.4 is 14.4 Å². The smallest absolute Gasteiger partial charge is 0.127 e. The van der Waals surface area contributed by atoms with Gasteiger partial charge in [0.05, 0.1) is 17.8 Å². The number of ether oxygens (including phenoxy) is 2. The van der Waals surface area contributed by atoms with Gasteiger partial charge in [-0.15, -0.1) is 0 Å². The maximum absolute atomic E-state index is 5.95. The summed E-state index contributed by atoms with van der Waals surface area (Å²) in [6, 6.07) is 24.3. The monoisotopic (exact) mass is 396 g/mol. The third-order valence-electron chi connectivity index (χ3n) is 5.53. The second-order valence-electron chi connectivity index (χ2n) is 7.45. The van der Waals surface area contributed by atoms with Gasteiger partial charge in [-0.25, -0.2) is 0 Å². The molecular weight excluding hydrogens is 372 g/mol. The Morgan fingerprint density at radius 2 is 1.63 bits per heavy atom. The number of nitrogens with zero attached hydrogens (tertiary/aromatic N) is 2. The topological polar surface area (TPSA) is 34.6 Å². The first kappa shape index (κ1) is 18.5. The lowest BCUT2D eigenvalue weighted by Crippen LogP contribution is -2.13. The lowest BCUT2D eigenvalue weighted by Gasteiger charge is -2.22. The fourth-order valence-electron chi connectivity index (χ4n) is 4.16. The van der Waals surface area contributed by atoms with Crippen LogP contribution in [0.4, 0.5) is 11.4 Å². The summed E-state index contributed by atoms with van der Waals surface area (Å²) in [6.07, 6.45) is 0.991. The maximum Gasteiger partial charge on any atom is 0.127 e. The van der Waals surface area contributed by atoms with Crippen molar-refractivity contribution in [3.8, 4) is 17.2 Å². The van der Waals surface area contributed by atoms with Crippen molar-refractivity contribution >= 4 is 22.3 Å². The third kappa shape index (κ3) is 3.35. The van der Waals surface area contributed by atoms with Crippen LogP contribution in [0.1, 0.15) is 18.2 Å². The molecule has 0 saturated carbocycles. The number of para-hydroxylation sites is 1. The Morgan fingerprint density at radius 3 is 2.40 bits per heavy atom. The van der Waals surface area contributed by atoms with E-state index in [0.29, 0.717) is 6.61 Å². The van der Waals surface area contributed by atoms with Gasteiger partial charge in [-0.2, -0.15) is 0 Å². The van der Waals surface area contributed by atoms with E-state index in [2.05, 4.69) is 36.1 Å². The predicted molar refractivity (Wildman–Crippen MR) is 121 cm³/mol. The molecule has 1 aliphatic heterocycles. The van der Waals surface area contributed by atoms with E-state index >= 15 is 0 Å². The molecule has 1 aliphatic rings. The summed E-state index contributed by atoms with van der Waals surface area (Å²) in [4.78, 5) is 7.22. The number of rotatable bonds is 5. The van der Waals surface area contributed by atoms with Crippen molar-refractivity contribution in [1.82, 2.24) is 4.98 Å². The summed E-state index contributed by atoms with van der Waals surface area (Å²) in [5.41, 5.74) is 5.83. The van der Waals surface area contributed by atoms with Crippen molar-refractivity contribution < 1.29 is 9.47 Å². The molecule has 1 aromatic heterocycles. The minimum absolute atomic E-state index is 0.652. The number of anilines is 2. The number of pyridine rings is 1. The van der Waals surface area contributed by atoms with Gasteiger partial charge in [0.1, 0.15) is 17.2 Å². The number of benzene rings is 3. The molecule has 5 rings (SSSR count). The molecule has 0 atom stereocenters. The molecule has 4 heteroatoms. The van der Waals surface area contributed by atoms with E-state index in [0.717, 1.165) is 52.5 Å². The highest BCUT2D eigenvalue weighted by atomic mass is 16.5. The highest BCUT2D eigenvalue weighted by molar-refractivity contribution is 5.98. The second-order valence-corrected chi connectivity index (χ2v) is 7.45. The molecule has 0 fully saturated rings. The average molecular weight is 396 g/mol. The molecule has 0 unspecified atom stereocenters. The first-order chi connectivity index (χ1) is 14.7. The Bertz CT molecular complexity index is 1190. The number of aryl methyl sites for hydroxylation is 1. The number of aromatic nitrogens is 1. The Morgan fingerprint density at radius 1 is 0.900 bits per heavy atom. The lowest BCUT2D eigenvalue weighted by molar-refractivity contribution is 0.340. The quantitative estimate of drug-likeness (QED) is 0.389. The van der Waals surface area contributed by atoms with Crippen molar-refractivity contribution in [1.29, 1.82) is 0 Å². The molecular formula is C26H24N2O2. The molecule has 3 aromatic carbocycles. The molecule has 0 amide bonds. The van der Waals surface area contributed by atoms with E-state index in [4.69, 9.17) is 14.5 Å². The van der Waals surface area contributed by atoms with Crippen LogP contribution in [-0.4, -0.2) is 18.1 Å². The summed E-state index contributed by atoms with van der Waals surface area (Å²) in [6.45, 7) is 5.71. The maximum atomic E-state index is 5.95. The predicted octanol–water partition coefficient (Wildman–Crippen LogP) is 6.43. The van der Waals surface area contributed by atoms with Crippen LogP contribution in [0.5, 0.6) is 17.2 Å². The summed E-state index contributed by atoms with van der Waals surface area (Å²) in [7, 11) is 0. The van der Waals surface area contributed by atoms with Gasteiger partial charge in [-0.05, 0) is 80.4 Å². The van der Waals surface area contributed by atoms with E-state index in [1.54, 1.807) is 0 Å². The molecule has 0 aliphatic carbocycles. The first-order valence-electron chi connectivity index (χ1n) is 10.4. The van der Waals surface area contributed by atoms with Crippen LogP contribution in [0.2, 0.25) is 0 Å². The van der Waals surface area contributed by atoms with E-state index < -0.39 is 0 Å². The molecule has 4 nitrogen and oxygen atoms in total. The van der Waals surface area contributed by atoms with Crippen molar-refractivity contribution in [3.05, 3.63) is 84.1 Å². The van der Waals surface area contributed by atoms with Gasteiger partial charge < -0.3 is 14.4 Å². The Kier molecular flexibility index (Phi) is 4.75. The van der Waals surface area contributed by atoms with E-state index in [1.165, 1.54) is 11.3 Å². The van der Waals surface area contributed by atoms with Crippen LogP contribution in [0, 0.1) is 6.92 Å². The van der Waals surface area contributed by atoms with Gasteiger partial charge in [0.2, 0.25) is 0 Å². The van der Waals surface area contributed by atoms with Gasteiger partial charge >= 0.3 is 0 Å². The minimum atomic E-state index is 0.652. The summed E-state index contributed by atoms with van der Waals surface area (Å²) < 4.78 is 11.7.